The fourth-order valence-corrected chi connectivity index (χ4v) is 6.28. The van der Waals surface area contributed by atoms with Gasteiger partial charge in [0.1, 0.15) is 5.82 Å². The molecule has 5 nitrogen and oxygen atoms in total. The molecular formula is C29H30FN5. The van der Waals surface area contributed by atoms with Gasteiger partial charge in [0.15, 0.2) is 0 Å². The number of aromatic nitrogens is 2. The van der Waals surface area contributed by atoms with E-state index >= 15 is 0 Å². The Morgan fingerprint density at radius 1 is 1.00 bits per heavy atom. The van der Waals surface area contributed by atoms with Crippen molar-refractivity contribution in [1.82, 2.24) is 14.5 Å². The molecule has 35 heavy (non-hydrogen) atoms. The summed E-state index contributed by atoms with van der Waals surface area (Å²) in [6.07, 6.45) is 8.81. The summed E-state index contributed by atoms with van der Waals surface area (Å²) in [5.74, 6) is 0.353. The molecule has 2 aromatic carbocycles. The number of fused-ring (bicyclic) bond motifs is 2. The van der Waals surface area contributed by atoms with Crippen molar-refractivity contribution in [2.75, 3.05) is 31.1 Å². The van der Waals surface area contributed by atoms with Crippen LogP contribution in [0.15, 0.2) is 54.9 Å². The summed E-state index contributed by atoms with van der Waals surface area (Å²) in [6, 6.07) is 15.9. The Bertz CT molecular complexity index is 1420. The van der Waals surface area contributed by atoms with Gasteiger partial charge in [-0.3, -0.25) is 9.88 Å². The summed E-state index contributed by atoms with van der Waals surface area (Å²) in [6.45, 7) is 3.80. The van der Waals surface area contributed by atoms with Crippen LogP contribution in [0.2, 0.25) is 0 Å². The summed E-state index contributed by atoms with van der Waals surface area (Å²) < 4.78 is 16.5. The predicted molar refractivity (Wildman–Crippen MR) is 138 cm³/mol. The molecule has 0 radical (unpaired) electrons. The lowest BCUT2D eigenvalue weighted by Gasteiger charge is -2.42. The highest BCUT2D eigenvalue weighted by Crippen LogP contribution is 2.39. The van der Waals surface area contributed by atoms with Crippen molar-refractivity contribution in [3.63, 3.8) is 0 Å². The van der Waals surface area contributed by atoms with Crippen LogP contribution in [-0.4, -0.2) is 46.7 Å². The maximum atomic E-state index is 14.3. The Morgan fingerprint density at radius 3 is 2.57 bits per heavy atom. The number of pyridine rings is 1. The van der Waals surface area contributed by atoms with Gasteiger partial charge in [0.05, 0.1) is 22.8 Å². The lowest BCUT2D eigenvalue weighted by atomic mass is 9.81. The fraction of sp³-hybridized carbons (Fsp3) is 0.379. The molecule has 3 heterocycles. The summed E-state index contributed by atoms with van der Waals surface area (Å²) in [5.41, 5.74) is 5.14. The summed E-state index contributed by atoms with van der Waals surface area (Å²) in [7, 11) is 2.10. The highest BCUT2D eigenvalue weighted by Gasteiger charge is 2.30. The highest BCUT2D eigenvalue weighted by molar-refractivity contribution is 5.91. The molecule has 0 amide bonds. The van der Waals surface area contributed by atoms with Crippen LogP contribution < -0.4 is 4.90 Å². The molecule has 0 unspecified atom stereocenters. The lowest BCUT2D eigenvalue weighted by Crippen LogP contribution is -2.51. The summed E-state index contributed by atoms with van der Waals surface area (Å²) in [5, 5.41) is 11.4. The van der Waals surface area contributed by atoms with E-state index in [-0.39, 0.29) is 5.82 Å². The molecule has 1 saturated carbocycles. The van der Waals surface area contributed by atoms with Crippen LogP contribution in [-0.2, 0) is 7.05 Å². The normalized spacial score (nSPS) is 21.5. The average Bonchev–Trinajstić information content (AvgIpc) is 3.24. The molecule has 2 fully saturated rings. The van der Waals surface area contributed by atoms with E-state index in [0.29, 0.717) is 12.0 Å². The monoisotopic (exact) mass is 467 g/mol. The topological polar surface area (TPSA) is 48.1 Å². The van der Waals surface area contributed by atoms with Gasteiger partial charge in [-0.05, 0) is 73.6 Å². The minimum Gasteiger partial charge on any atom is -0.367 e. The molecule has 178 valence electrons. The number of piperazine rings is 1. The Morgan fingerprint density at radius 2 is 1.80 bits per heavy atom. The zero-order valence-electron chi connectivity index (χ0n) is 20.1. The van der Waals surface area contributed by atoms with Crippen LogP contribution in [0.1, 0.15) is 42.7 Å². The van der Waals surface area contributed by atoms with Crippen LogP contribution in [0.25, 0.3) is 21.8 Å². The molecular weight excluding hydrogens is 437 g/mol. The van der Waals surface area contributed by atoms with Gasteiger partial charge in [0, 0.05) is 68.0 Å². The molecule has 1 saturated heterocycles. The highest BCUT2D eigenvalue weighted by atomic mass is 19.1. The first kappa shape index (κ1) is 22.1. The van der Waals surface area contributed by atoms with E-state index in [0.717, 1.165) is 48.3 Å². The van der Waals surface area contributed by atoms with Gasteiger partial charge in [-0.25, -0.2) is 4.39 Å². The quantitative estimate of drug-likeness (QED) is 0.394. The SMILES string of the molecule is Cn1cc(C2CCC(N3CCN(c4cc(F)cc5cccnc45)CC3)CC2)c2cc(C#N)ccc21. The smallest absolute Gasteiger partial charge is 0.126 e. The number of halogens is 1. The van der Waals surface area contributed by atoms with Gasteiger partial charge in [-0.1, -0.05) is 6.07 Å². The first-order valence-electron chi connectivity index (χ1n) is 12.6. The first-order chi connectivity index (χ1) is 17.1. The molecule has 2 aliphatic rings. The van der Waals surface area contributed by atoms with Gasteiger partial charge in [0.2, 0.25) is 0 Å². The van der Waals surface area contributed by atoms with Crippen molar-refractivity contribution in [2.24, 2.45) is 7.05 Å². The second-order valence-corrected chi connectivity index (χ2v) is 10.1. The van der Waals surface area contributed by atoms with Crippen LogP contribution in [0.4, 0.5) is 10.1 Å². The zero-order chi connectivity index (χ0) is 23.9. The van der Waals surface area contributed by atoms with Crippen LogP contribution in [0.3, 0.4) is 0 Å². The average molecular weight is 468 g/mol. The van der Waals surface area contributed by atoms with Gasteiger partial charge < -0.3 is 9.47 Å². The van der Waals surface area contributed by atoms with Crippen LogP contribution in [0.5, 0.6) is 0 Å². The molecule has 6 heteroatoms. The molecule has 1 aliphatic carbocycles. The van der Waals surface area contributed by atoms with Crippen molar-refractivity contribution in [3.05, 3.63) is 71.8 Å². The van der Waals surface area contributed by atoms with Gasteiger partial charge in [-0.2, -0.15) is 5.26 Å². The lowest BCUT2D eigenvalue weighted by molar-refractivity contribution is 0.141. The Hall–Kier alpha value is -3.43. The third-order valence-electron chi connectivity index (χ3n) is 8.11. The third kappa shape index (κ3) is 4.04. The van der Waals surface area contributed by atoms with Crippen molar-refractivity contribution in [2.45, 2.75) is 37.6 Å². The number of nitriles is 1. The molecule has 0 N–H and O–H groups in total. The molecule has 6 rings (SSSR count). The van der Waals surface area contributed by atoms with Crippen LogP contribution in [0, 0.1) is 17.1 Å². The molecule has 1 aliphatic heterocycles. The van der Waals surface area contributed by atoms with Gasteiger partial charge in [0.25, 0.3) is 0 Å². The van der Waals surface area contributed by atoms with E-state index in [4.69, 9.17) is 0 Å². The minimum absolute atomic E-state index is 0.198. The number of benzene rings is 2. The second kappa shape index (κ2) is 8.98. The zero-order valence-corrected chi connectivity index (χ0v) is 20.1. The maximum Gasteiger partial charge on any atom is 0.126 e. The Labute approximate surface area is 205 Å². The van der Waals surface area contributed by atoms with Crippen LogP contribution >= 0.6 is 0 Å². The number of hydrogen-bond donors (Lipinski definition) is 0. The fourth-order valence-electron chi connectivity index (χ4n) is 6.28. The Balaban J connectivity index is 1.12. The molecule has 0 atom stereocenters. The second-order valence-electron chi connectivity index (χ2n) is 10.1. The molecule has 4 aromatic rings. The van der Waals surface area contributed by atoms with E-state index in [9.17, 15) is 9.65 Å². The number of anilines is 1. The number of rotatable bonds is 3. The maximum absolute atomic E-state index is 14.3. The van der Waals surface area contributed by atoms with Gasteiger partial charge in [-0.15, -0.1) is 0 Å². The minimum atomic E-state index is -0.198. The predicted octanol–water partition coefficient (Wildman–Crippen LogP) is 5.59. The first-order valence-corrected chi connectivity index (χ1v) is 12.6. The number of nitrogens with zero attached hydrogens (tertiary/aromatic N) is 5. The summed E-state index contributed by atoms with van der Waals surface area (Å²) >= 11 is 0. The van der Waals surface area contributed by atoms with Gasteiger partial charge >= 0.3 is 0 Å². The van der Waals surface area contributed by atoms with E-state index in [1.807, 2.05) is 18.2 Å². The third-order valence-corrected chi connectivity index (χ3v) is 8.11. The van der Waals surface area contributed by atoms with E-state index in [1.54, 1.807) is 18.3 Å². The van der Waals surface area contributed by atoms with Crippen molar-refractivity contribution < 1.29 is 4.39 Å². The van der Waals surface area contributed by atoms with E-state index in [2.05, 4.69) is 50.8 Å². The standard InChI is InChI=1S/C29H30FN5/c1-33-19-26(25-15-20(18-31)4-9-27(25)33)21-5-7-24(8-6-21)34-11-13-35(14-12-34)28-17-23(30)16-22-3-2-10-32-29(22)28/h2-4,9-10,15-17,19,21,24H,5-8,11-14H2,1H3. The van der Waals surface area contributed by atoms with Crippen molar-refractivity contribution in [3.8, 4) is 6.07 Å². The molecule has 0 bridgehead atoms. The summed E-state index contributed by atoms with van der Waals surface area (Å²) in [4.78, 5) is 9.47. The molecule has 0 spiro atoms. The Kier molecular flexibility index (Phi) is 5.66. The van der Waals surface area contributed by atoms with Crippen molar-refractivity contribution >= 4 is 27.5 Å². The number of aryl methyl sites for hydroxylation is 1. The largest absolute Gasteiger partial charge is 0.367 e. The van der Waals surface area contributed by atoms with Crippen molar-refractivity contribution in [1.29, 1.82) is 5.26 Å². The van der Waals surface area contributed by atoms with E-state index < -0.39 is 0 Å². The molecule has 2 aromatic heterocycles. The van der Waals surface area contributed by atoms with E-state index in [1.165, 1.54) is 42.1 Å². The number of hydrogen-bond acceptors (Lipinski definition) is 4.